The molecule has 0 radical (unpaired) electrons. The van der Waals surface area contributed by atoms with Gasteiger partial charge in [-0.2, -0.15) is 0 Å². The van der Waals surface area contributed by atoms with Crippen LogP contribution in [0.4, 0.5) is 0 Å². The highest BCUT2D eigenvalue weighted by atomic mass is 16.5. The first-order chi connectivity index (χ1) is 8.43. The lowest BCUT2D eigenvalue weighted by Crippen LogP contribution is -2.24. The van der Waals surface area contributed by atoms with E-state index in [1.54, 1.807) is 0 Å². The Kier molecular flexibility index (Phi) is 3.29. The average Bonchev–Trinajstić information content (AvgIpc) is 2.89. The molecule has 3 rings (SSSR count). The van der Waals surface area contributed by atoms with Gasteiger partial charge in [-0.25, -0.2) is 0 Å². The highest BCUT2D eigenvalue weighted by Crippen LogP contribution is 2.25. The molecule has 17 heavy (non-hydrogen) atoms. The highest BCUT2D eigenvalue weighted by molar-refractivity contribution is 5.41. The number of fused-ring (bicyclic) bond motifs is 1. The zero-order valence-electron chi connectivity index (χ0n) is 10.2. The Morgan fingerprint density at radius 3 is 3.12 bits per heavy atom. The first kappa shape index (κ1) is 11.1. The Morgan fingerprint density at radius 2 is 2.24 bits per heavy atom. The zero-order valence-corrected chi connectivity index (χ0v) is 10.2. The van der Waals surface area contributed by atoms with Crippen molar-refractivity contribution in [2.45, 2.75) is 19.4 Å². The fraction of sp³-hybridized carbons (Fsp3) is 0.571. The van der Waals surface area contributed by atoms with Crippen LogP contribution in [0.15, 0.2) is 18.2 Å². The Balaban J connectivity index is 1.69. The summed E-state index contributed by atoms with van der Waals surface area (Å²) in [5.41, 5.74) is 2.82. The van der Waals surface area contributed by atoms with Gasteiger partial charge in [0.05, 0.1) is 6.61 Å². The first-order valence-electron chi connectivity index (χ1n) is 6.58. The quantitative estimate of drug-likeness (QED) is 0.824. The van der Waals surface area contributed by atoms with Crippen LogP contribution in [-0.4, -0.2) is 26.2 Å². The van der Waals surface area contributed by atoms with Gasteiger partial charge in [-0.15, -0.1) is 0 Å². The molecule has 1 aromatic carbocycles. The minimum atomic E-state index is 0.683. The molecular weight excluding hydrogens is 212 g/mol. The molecular formula is C14H20N2O. The second-order valence-corrected chi connectivity index (χ2v) is 4.99. The lowest BCUT2D eigenvalue weighted by atomic mass is 10.0. The predicted molar refractivity (Wildman–Crippen MR) is 68.3 cm³/mol. The minimum Gasteiger partial charge on any atom is -0.493 e. The highest BCUT2D eigenvalue weighted by Gasteiger charge is 2.17. The largest absolute Gasteiger partial charge is 0.493 e. The van der Waals surface area contributed by atoms with Crippen LogP contribution < -0.4 is 15.4 Å². The summed E-state index contributed by atoms with van der Waals surface area (Å²) >= 11 is 0. The maximum Gasteiger partial charge on any atom is 0.124 e. The van der Waals surface area contributed by atoms with Crippen LogP contribution in [0.3, 0.4) is 0 Å². The van der Waals surface area contributed by atoms with Crippen LogP contribution in [0.2, 0.25) is 0 Å². The molecule has 1 fully saturated rings. The van der Waals surface area contributed by atoms with Crippen LogP contribution in [-0.2, 0) is 13.0 Å². The molecule has 3 heteroatoms. The lowest BCUT2D eigenvalue weighted by Gasteiger charge is -2.21. The average molecular weight is 232 g/mol. The van der Waals surface area contributed by atoms with E-state index in [4.69, 9.17) is 4.74 Å². The number of rotatable bonds is 3. The van der Waals surface area contributed by atoms with Crippen molar-refractivity contribution in [3.63, 3.8) is 0 Å². The van der Waals surface area contributed by atoms with Gasteiger partial charge in [-0.1, -0.05) is 12.1 Å². The lowest BCUT2D eigenvalue weighted by molar-refractivity contribution is 0.256. The summed E-state index contributed by atoms with van der Waals surface area (Å²) in [5, 5.41) is 6.80. The molecule has 2 N–H and O–H groups in total. The monoisotopic (exact) mass is 232 g/mol. The first-order valence-corrected chi connectivity index (χ1v) is 6.58. The van der Waals surface area contributed by atoms with Crippen molar-refractivity contribution in [1.29, 1.82) is 0 Å². The van der Waals surface area contributed by atoms with E-state index in [1.807, 2.05) is 0 Å². The fourth-order valence-corrected chi connectivity index (χ4v) is 2.68. The summed E-state index contributed by atoms with van der Waals surface area (Å²) in [7, 11) is 0. The van der Waals surface area contributed by atoms with Crippen molar-refractivity contribution in [1.82, 2.24) is 10.6 Å². The van der Waals surface area contributed by atoms with E-state index in [0.717, 1.165) is 45.0 Å². The van der Waals surface area contributed by atoms with Crippen LogP contribution in [0, 0.1) is 5.92 Å². The summed E-state index contributed by atoms with van der Waals surface area (Å²) in [4.78, 5) is 0. The molecule has 0 saturated carbocycles. The van der Waals surface area contributed by atoms with Crippen LogP contribution in [0.1, 0.15) is 17.5 Å². The van der Waals surface area contributed by atoms with Gasteiger partial charge >= 0.3 is 0 Å². The third-order valence-corrected chi connectivity index (χ3v) is 3.74. The van der Waals surface area contributed by atoms with Gasteiger partial charge in [0, 0.05) is 24.6 Å². The molecule has 0 spiro atoms. The third kappa shape index (κ3) is 2.45. The molecule has 2 aliphatic rings. The molecule has 0 bridgehead atoms. The maximum absolute atomic E-state index is 6.01. The van der Waals surface area contributed by atoms with Crippen molar-refractivity contribution < 1.29 is 4.74 Å². The zero-order chi connectivity index (χ0) is 11.5. The summed E-state index contributed by atoms with van der Waals surface area (Å²) < 4.78 is 6.01. The molecule has 3 nitrogen and oxygen atoms in total. The minimum absolute atomic E-state index is 0.683. The van der Waals surface area contributed by atoms with E-state index in [0.29, 0.717) is 5.92 Å². The van der Waals surface area contributed by atoms with Crippen LogP contribution in [0.25, 0.3) is 0 Å². The van der Waals surface area contributed by atoms with Gasteiger partial charge in [-0.05, 0) is 37.6 Å². The molecule has 0 amide bonds. The van der Waals surface area contributed by atoms with Crippen molar-refractivity contribution in [3.8, 4) is 5.75 Å². The predicted octanol–water partition coefficient (Wildman–Crippen LogP) is 1.32. The molecule has 0 aliphatic carbocycles. The van der Waals surface area contributed by atoms with Gasteiger partial charge in [0.1, 0.15) is 5.75 Å². The van der Waals surface area contributed by atoms with Gasteiger partial charge in [0.2, 0.25) is 0 Å². The standard InChI is InChI=1S/C14H20N2O/c1-2-12-5-7-16-9-13(12)14(3-1)17-10-11-4-6-15-8-11/h1-3,11,15-16H,4-10H2. The van der Waals surface area contributed by atoms with E-state index >= 15 is 0 Å². The van der Waals surface area contributed by atoms with E-state index in [-0.39, 0.29) is 0 Å². The molecule has 1 unspecified atom stereocenters. The number of ether oxygens (including phenoxy) is 1. The molecule has 0 aromatic heterocycles. The van der Waals surface area contributed by atoms with Crippen molar-refractivity contribution in [2.75, 3.05) is 26.2 Å². The number of hydrogen-bond acceptors (Lipinski definition) is 3. The Hall–Kier alpha value is -1.06. The summed E-state index contributed by atoms with van der Waals surface area (Å²) in [6.45, 7) is 5.14. The normalized spacial score (nSPS) is 23.4. The number of nitrogens with one attached hydrogen (secondary N) is 2. The molecule has 1 atom stereocenters. The summed E-state index contributed by atoms with van der Waals surface area (Å²) in [5.74, 6) is 1.77. The van der Waals surface area contributed by atoms with Crippen molar-refractivity contribution >= 4 is 0 Å². The maximum atomic E-state index is 6.01. The van der Waals surface area contributed by atoms with E-state index < -0.39 is 0 Å². The molecule has 92 valence electrons. The number of hydrogen-bond donors (Lipinski definition) is 2. The van der Waals surface area contributed by atoms with Crippen molar-refractivity contribution in [2.24, 2.45) is 5.92 Å². The summed E-state index contributed by atoms with van der Waals surface area (Å²) in [6, 6.07) is 6.45. The van der Waals surface area contributed by atoms with Crippen molar-refractivity contribution in [3.05, 3.63) is 29.3 Å². The van der Waals surface area contributed by atoms with Gasteiger partial charge in [0.15, 0.2) is 0 Å². The van der Waals surface area contributed by atoms with E-state index in [9.17, 15) is 0 Å². The molecule has 1 saturated heterocycles. The Morgan fingerprint density at radius 1 is 1.24 bits per heavy atom. The van der Waals surface area contributed by atoms with Crippen LogP contribution in [0.5, 0.6) is 5.75 Å². The fourth-order valence-electron chi connectivity index (χ4n) is 2.68. The Labute approximate surface area is 103 Å². The second kappa shape index (κ2) is 5.07. The van der Waals surface area contributed by atoms with Crippen LogP contribution >= 0.6 is 0 Å². The summed E-state index contributed by atoms with van der Waals surface area (Å²) in [6.07, 6.45) is 2.37. The second-order valence-electron chi connectivity index (χ2n) is 4.99. The molecule has 2 heterocycles. The van der Waals surface area contributed by atoms with E-state index in [2.05, 4.69) is 28.8 Å². The van der Waals surface area contributed by atoms with Gasteiger partial charge in [0.25, 0.3) is 0 Å². The molecule has 2 aliphatic heterocycles. The number of benzene rings is 1. The van der Waals surface area contributed by atoms with Gasteiger partial charge < -0.3 is 15.4 Å². The Bertz CT molecular complexity index is 386. The van der Waals surface area contributed by atoms with E-state index in [1.165, 1.54) is 17.5 Å². The molecule has 1 aromatic rings. The third-order valence-electron chi connectivity index (χ3n) is 3.74. The topological polar surface area (TPSA) is 33.3 Å². The SMILES string of the molecule is c1cc2c(c(OCC3CCNC3)c1)CNCC2. The smallest absolute Gasteiger partial charge is 0.124 e. The van der Waals surface area contributed by atoms with Gasteiger partial charge in [-0.3, -0.25) is 0 Å².